The van der Waals surface area contributed by atoms with Crippen LogP contribution in [-0.4, -0.2) is 48.0 Å². The molecule has 0 unspecified atom stereocenters. The maximum atomic E-state index is 12.8. The van der Waals surface area contributed by atoms with Gasteiger partial charge < -0.3 is 10.5 Å². The molecule has 20 heavy (non-hydrogen) atoms. The molecule has 1 aliphatic rings. The fraction of sp³-hybridized carbons (Fsp3) is 0.500. The van der Waals surface area contributed by atoms with Gasteiger partial charge in [-0.1, -0.05) is 12.2 Å². The van der Waals surface area contributed by atoms with Gasteiger partial charge in [0, 0.05) is 12.7 Å². The molecule has 2 N–H and O–H groups in total. The smallest absolute Gasteiger partial charge is 0.245 e. The second kappa shape index (κ2) is 5.36. The monoisotopic (exact) mass is 315 g/mol. The number of aromatic nitrogens is 1. The fourth-order valence-electron chi connectivity index (χ4n) is 2.19. The van der Waals surface area contributed by atoms with Crippen molar-refractivity contribution in [3.63, 3.8) is 0 Å². The molecule has 0 spiro atoms. The quantitative estimate of drug-likeness (QED) is 0.818. The molecule has 1 aliphatic heterocycles. The van der Waals surface area contributed by atoms with E-state index in [4.69, 9.17) is 22.7 Å². The van der Waals surface area contributed by atoms with Crippen molar-refractivity contribution in [1.82, 2.24) is 9.29 Å². The SMILES string of the molecule is CC1(C)COCCN1S(=O)(=O)c1cccnc1C(N)=S. The van der Waals surface area contributed by atoms with E-state index in [9.17, 15) is 8.42 Å². The lowest BCUT2D eigenvalue weighted by molar-refractivity contribution is -0.00772. The van der Waals surface area contributed by atoms with E-state index in [-0.39, 0.29) is 15.6 Å². The minimum atomic E-state index is -3.72. The summed E-state index contributed by atoms with van der Waals surface area (Å²) in [6.45, 7) is 4.64. The number of hydrogen-bond acceptors (Lipinski definition) is 5. The summed E-state index contributed by atoms with van der Waals surface area (Å²) in [5, 5.41) is 0. The number of rotatable bonds is 3. The Morgan fingerprint density at radius 3 is 2.85 bits per heavy atom. The number of pyridine rings is 1. The number of morpholine rings is 1. The number of sulfonamides is 1. The first kappa shape index (κ1) is 15.3. The van der Waals surface area contributed by atoms with E-state index < -0.39 is 15.6 Å². The van der Waals surface area contributed by atoms with Gasteiger partial charge in [0.05, 0.1) is 18.8 Å². The zero-order valence-electron chi connectivity index (χ0n) is 11.4. The Morgan fingerprint density at radius 1 is 1.55 bits per heavy atom. The Balaban J connectivity index is 2.53. The molecular formula is C12H17N3O3S2. The molecule has 110 valence electrons. The van der Waals surface area contributed by atoms with Crippen molar-refractivity contribution in [3.8, 4) is 0 Å². The average Bonchev–Trinajstić information content (AvgIpc) is 2.37. The number of hydrogen-bond donors (Lipinski definition) is 1. The van der Waals surface area contributed by atoms with Gasteiger partial charge in [-0.15, -0.1) is 0 Å². The molecule has 1 saturated heterocycles. The van der Waals surface area contributed by atoms with E-state index in [0.717, 1.165) is 0 Å². The standard InChI is InChI=1S/C12H17N3O3S2/c1-12(2)8-18-7-6-15(12)20(16,17)9-4-3-5-14-10(9)11(13)19/h3-5H,6-8H2,1-2H3,(H2,13,19). The second-order valence-electron chi connectivity index (χ2n) is 5.16. The van der Waals surface area contributed by atoms with Gasteiger partial charge in [-0.25, -0.2) is 8.42 Å². The maximum absolute atomic E-state index is 12.8. The first-order valence-corrected chi connectivity index (χ1v) is 7.97. The topological polar surface area (TPSA) is 85.5 Å². The molecule has 0 atom stereocenters. The molecule has 1 aromatic rings. The number of nitrogens with zero attached hydrogens (tertiary/aromatic N) is 2. The molecule has 1 fully saturated rings. The number of ether oxygens (including phenoxy) is 1. The van der Waals surface area contributed by atoms with Crippen molar-refractivity contribution in [2.75, 3.05) is 19.8 Å². The predicted molar refractivity (Wildman–Crippen MR) is 78.9 cm³/mol. The third kappa shape index (κ3) is 2.69. The Bertz CT molecular complexity index is 629. The molecule has 6 nitrogen and oxygen atoms in total. The highest BCUT2D eigenvalue weighted by atomic mass is 32.2. The Labute approximate surface area is 124 Å². The lowest BCUT2D eigenvalue weighted by atomic mass is 10.1. The summed E-state index contributed by atoms with van der Waals surface area (Å²) in [6, 6.07) is 3.03. The van der Waals surface area contributed by atoms with Gasteiger partial charge in [-0.3, -0.25) is 4.98 Å². The molecule has 0 aliphatic carbocycles. The zero-order valence-corrected chi connectivity index (χ0v) is 13.0. The summed E-state index contributed by atoms with van der Waals surface area (Å²) >= 11 is 4.88. The summed E-state index contributed by atoms with van der Waals surface area (Å²) in [7, 11) is -3.72. The predicted octanol–water partition coefficient (Wildman–Crippen LogP) is 0.515. The summed E-state index contributed by atoms with van der Waals surface area (Å²) < 4.78 is 32.5. The van der Waals surface area contributed by atoms with E-state index >= 15 is 0 Å². The minimum absolute atomic E-state index is 0.0322. The summed E-state index contributed by atoms with van der Waals surface area (Å²) in [5.41, 5.74) is 5.07. The molecule has 1 aromatic heterocycles. The van der Waals surface area contributed by atoms with E-state index in [2.05, 4.69) is 4.98 Å². The lowest BCUT2D eigenvalue weighted by Crippen LogP contribution is -2.55. The van der Waals surface area contributed by atoms with Gasteiger partial charge >= 0.3 is 0 Å². The van der Waals surface area contributed by atoms with E-state index in [1.54, 1.807) is 6.07 Å². The number of thiocarbonyl (C=S) groups is 1. The van der Waals surface area contributed by atoms with Gasteiger partial charge in [0.1, 0.15) is 15.6 Å². The zero-order chi connectivity index (χ0) is 15.0. The van der Waals surface area contributed by atoms with Crippen molar-refractivity contribution >= 4 is 27.2 Å². The highest BCUT2D eigenvalue weighted by molar-refractivity contribution is 7.89. The largest absolute Gasteiger partial charge is 0.388 e. The third-order valence-corrected chi connectivity index (χ3v) is 5.48. The Hall–Kier alpha value is -1.09. The van der Waals surface area contributed by atoms with E-state index in [1.807, 2.05) is 13.8 Å². The van der Waals surface area contributed by atoms with Crippen LogP contribution in [0.2, 0.25) is 0 Å². The summed E-state index contributed by atoms with van der Waals surface area (Å²) in [5.74, 6) is 0. The van der Waals surface area contributed by atoms with Crippen LogP contribution in [0.4, 0.5) is 0 Å². The average molecular weight is 315 g/mol. The highest BCUT2D eigenvalue weighted by Gasteiger charge is 2.40. The second-order valence-corrected chi connectivity index (χ2v) is 7.43. The van der Waals surface area contributed by atoms with Crippen LogP contribution in [0.5, 0.6) is 0 Å². The van der Waals surface area contributed by atoms with Crippen LogP contribution in [0.3, 0.4) is 0 Å². The lowest BCUT2D eigenvalue weighted by Gasteiger charge is -2.40. The van der Waals surface area contributed by atoms with E-state index in [1.165, 1.54) is 16.6 Å². The first-order chi connectivity index (χ1) is 9.27. The van der Waals surface area contributed by atoms with Crippen LogP contribution in [0.15, 0.2) is 23.2 Å². The van der Waals surface area contributed by atoms with Crippen LogP contribution >= 0.6 is 12.2 Å². The molecule has 0 bridgehead atoms. The van der Waals surface area contributed by atoms with Crippen molar-refractivity contribution in [3.05, 3.63) is 24.0 Å². The third-order valence-electron chi connectivity index (χ3n) is 3.14. The van der Waals surface area contributed by atoms with Crippen LogP contribution in [0.1, 0.15) is 19.5 Å². The van der Waals surface area contributed by atoms with Gasteiger partial charge in [0.25, 0.3) is 0 Å². The minimum Gasteiger partial charge on any atom is -0.388 e. The molecule has 0 amide bonds. The Kier molecular flexibility index (Phi) is 4.10. The van der Waals surface area contributed by atoms with E-state index in [0.29, 0.717) is 19.8 Å². The highest BCUT2D eigenvalue weighted by Crippen LogP contribution is 2.28. The summed E-state index contributed by atoms with van der Waals surface area (Å²) in [4.78, 5) is 4.00. The molecule has 0 aromatic carbocycles. The van der Waals surface area contributed by atoms with Gasteiger partial charge in [0.15, 0.2) is 0 Å². The summed E-state index contributed by atoms with van der Waals surface area (Å²) in [6.07, 6.45) is 1.47. The maximum Gasteiger partial charge on any atom is 0.245 e. The van der Waals surface area contributed by atoms with Crippen LogP contribution in [0, 0.1) is 0 Å². The van der Waals surface area contributed by atoms with Crippen molar-refractivity contribution in [2.24, 2.45) is 5.73 Å². The molecule has 2 rings (SSSR count). The van der Waals surface area contributed by atoms with Crippen molar-refractivity contribution < 1.29 is 13.2 Å². The molecule has 8 heteroatoms. The van der Waals surface area contributed by atoms with Crippen LogP contribution < -0.4 is 5.73 Å². The van der Waals surface area contributed by atoms with Gasteiger partial charge in [-0.2, -0.15) is 4.31 Å². The number of nitrogens with two attached hydrogens (primary N) is 1. The Morgan fingerprint density at radius 2 is 2.25 bits per heavy atom. The molecule has 2 heterocycles. The van der Waals surface area contributed by atoms with Crippen LogP contribution in [-0.2, 0) is 14.8 Å². The first-order valence-electron chi connectivity index (χ1n) is 6.12. The fourth-order valence-corrected chi connectivity index (χ4v) is 4.33. The molecule has 0 radical (unpaired) electrons. The van der Waals surface area contributed by atoms with Crippen molar-refractivity contribution in [1.29, 1.82) is 0 Å². The van der Waals surface area contributed by atoms with Gasteiger partial charge in [0.2, 0.25) is 10.0 Å². The molecule has 0 saturated carbocycles. The molecular weight excluding hydrogens is 298 g/mol. The van der Waals surface area contributed by atoms with Gasteiger partial charge in [-0.05, 0) is 26.0 Å². The van der Waals surface area contributed by atoms with Crippen LogP contribution in [0.25, 0.3) is 0 Å². The normalized spacial score (nSPS) is 19.7. The van der Waals surface area contributed by atoms with Crippen molar-refractivity contribution in [2.45, 2.75) is 24.3 Å².